The number of nitrogens with zero attached hydrogens (tertiary/aromatic N) is 4. The van der Waals surface area contributed by atoms with Gasteiger partial charge in [-0.1, -0.05) is 13.8 Å². The molecule has 3 rings (SSSR count). The summed E-state index contributed by atoms with van der Waals surface area (Å²) in [7, 11) is 2.10. The predicted octanol–water partition coefficient (Wildman–Crippen LogP) is 3.28. The van der Waals surface area contributed by atoms with Crippen molar-refractivity contribution in [2.45, 2.75) is 51.8 Å². The molecule has 0 saturated carbocycles. The first kappa shape index (κ1) is 18.2. The molecule has 2 aromatic heterocycles. The van der Waals surface area contributed by atoms with Crippen LogP contribution in [0.5, 0.6) is 0 Å². The Kier molecular flexibility index (Phi) is 6.34. The fraction of sp³-hybridized carbons (Fsp3) is 0.611. The van der Waals surface area contributed by atoms with Gasteiger partial charge < -0.3 is 10.1 Å². The number of hydrogen-bond donors (Lipinski definition) is 1. The summed E-state index contributed by atoms with van der Waals surface area (Å²) in [6.07, 6.45) is 6.34. The Hall–Kier alpha value is -1.57. The first-order valence-electron chi connectivity index (χ1n) is 8.89. The molecule has 0 amide bonds. The van der Waals surface area contributed by atoms with Gasteiger partial charge >= 0.3 is 0 Å². The standard InChI is InChI=1S/C18H27N5OS/c1-13(2)17-22-15(12-25-17)11-23(3)10-14-7-19-18(20-8-14)21-9-16-5-4-6-24-16/h7-8,12-13,16H,4-6,9-11H2,1-3H3,(H,19,20,21). The van der Waals surface area contributed by atoms with Crippen LogP contribution >= 0.6 is 11.3 Å². The molecule has 2 aromatic rings. The van der Waals surface area contributed by atoms with Crippen LogP contribution in [-0.4, -0.2) is 46.2 Å². The lowest BCUT2D eigenvalue weighted by molar-refractivity contribution is 0.120. The van der Waals surface area contributed by atoms with Gasteiger partial charge in [0.25, 0.3) is 0 Å². The molecule has 0 aromatic carbocycles. The smallest absolute Gasteiger partial charge is 0.222 e. The minimum atomic E-state index is 0.295. The molecule has 0 bridgehead atoms. The predicted molar refractivity (Wildman–Crippen MR) is 101 cm³/mol. The molecule has 1 N–H and O–H groups in total. The van der Waals surface area contributed by atoms with Crippen molar-refractivity contribution in [3.63, 3.8) is 0 Å². The summed E-state index contributed by atoms with van der Waals surface area (Å²) in [5.74, 6) is 1.16. The van der Waals surface area contributed by atoms with Crippen LogP contribution in [0, 0.1) is 0 Å². The maximum absolute atomic E-state index is 5.59. The van der Waals surface area contributed by atoms with Gasteiger partial charge in [-0.25, -0.2) is 15.0 Å². The molecule has 1 aliphatic heterocycles. The molecule has 136 valence electrons. The Balaban J connectivity index is 1.46. The molecular formula is C18H27N5OS. The molecule has 7 heteroatoms. The largest absolute Gasteiger partial charge is 0.376 e. The highest BCUT2D eigenvalue weighted by Crippen LogP contribution is 2.20. The number of hydrogen-bond acceptors (Lipinski definition) is 7. The molecule has 0 radical (unpaired) electrons. The van der Waals surface area contributed by atoms with Crippen LogP contribution in [0.4, 0.5) is 5.95 Å². The molecule has 1 unspecified atom stereocenters. The van der Waals surface area contributed by atoms with Gasteiger partial charge in [0.2, 0.25) is 5.95 Å². The molecule has 1 fully saturated rings. The van der Waals surface area contributed by atoms with E-state index in [0.29, 0.717) is 18.0 Å². The molecule has 25 heavy (non-hydrogen) atoms. The summed E-state index contributed by atoms with van der Waals surface area (Å²) >= 11 is 1.74. The average molecular weight is 362 g/mol. The fourth-order valence-corrected chi connectivity index (χ4v) is 3.67. The van der Waals surface area contributed by atoms with E-state index in [0.717, 1.165) is 50.3 Å². The molecule has 1 atom stereocenters. The second kappa shape index (κ2) is 8.69. The van der Waals surface area contributed by atoms with Crippen molar-refractivity contribution < 1.29 is 4.74 Å². The first-order valence-corrected chi connectivity index (χ1v) is 9.77. The highest BCUT2D eigenvalue weighted by molar-refractivity contribution is 7.09. The van der Waals surface area contributed by atoms with Crippen LogP contribution in [0.2, 0.25) is 0 Å². The van der Waals surface area contributed by atoms with E-state index in [1.54, 1.807) is 11.3 Å². The van der Waals surface area contributed by atoms with Crippen molar-refractivity contribution in [3.05, 3.63) is 34.0 Å². The average Bonchev–Trinajstić information content (AvgIpc) is 3.26. The maximum atomic E-state index is 5.59. The zero-order valence-electron chi connectivity index (χ0n) is 15.2. The Morgan fingerprint density at radius 2 is 2.12 bits per heavy atom. The van der Waals surface area contributed by atoms with E-state index >= 15 is 0 Å². The monoisotopic (exact) mass is 361 g/mol. The minimum absolute atomic E-state index is 0.295. The lowest BCUT2D eigenvalue weighted by Gasteiger charge is -2.15. The Bertz CT molecular complexity index is 652. The summed E-state index contributed by atoms with van der Waals surface area (Å²) in [6, 6.07) is 0. The van der Waals surface area contributed by atoms with E-state index < -0.39 is 0 Å². The number of anilines is 1. The van der Waals surface area contributed by atoms with Gasteiger partial charge in [-0.3, -0.25) is 4.90 Å². The zero-order chi connectivity index (χ0) is 17.6. The van der Waals surface area contributed by atoms with E-state index in [9.17, 15) is 0 Å². The highest BCUT2D eigenvalue weighted by atomic mass is 32.1. The van der Waals surface area contributed by atoms with Crippen LogP contribution in [-0.2, 0) is 17.8 Å². The molecule has 0 spiro atoms. The number of rotatable bonds is 8. The lowest BCUT2D eigenvalue weighted by atomic mass is 10.2. The first-order chi connectivity index (χ1) is 12.1. The van der Waals surface area contributed by atoms with Gasteiger partial charge in [-0.2, -0.15) is 0 Å². The quantitative estimate of drug-likeness (QED) is 0.778. The number of thiazole rings is 1. The van der Waals surface area contributed by atoms with Gasteiger partial charge in [0.1, 0.15) is 0 Å². The van der Waals surface area contributed by atoms with Crippen molar-refractivity contribution in [2.24, 2.45) is 0 Å². The van der Waals surface area contributed by atoms with Crippen molar-refractivity contribution in [3.8, 4) is 0 Å². The highest BCUT2D eigenvalue weighted by Gasteiger charge is 2.15. The van der Waals surface area contributed by atoms with Crippen molar-refractivity contribution in [1.29, 1.82) is 0 Å². The number of nitrogens with one attached hydrogen (secondary N) is 1. The molecule has 1 aliphatic rings. The molecular weight excluding hydrogens is 334 g/mol. The molecule has 3 heterocycles. The third kappa shape index (κ3) is 5.45. The molecule has 6 nitrogen and oxygen atoms in total. The summed E-state index contributed by atoms with van der Waals surface area (Å²) in [4.78, 5) is 15.7. The Morgan fingerprint density at radius 1 is 1.32 bits per heavy atom. The normalized spacial score (nSPS) is 17.6. The fourth-order valence-electron chi connectivity index (χ4n) is 2.84. The number of ether oxygens (including phenoxy) is 1. The van der Waals surface area contributed by atoms with E-state index in [1.807, 2.05) is 12.4 Å². The van der Waals surface area contributed by atoms with Crippen LogP contribution < -0.4 is 5.32 Å². The van der Waals surface area contributed by atoms with Crippen LogP contribution in [0.15, 0.2) is 17.8 Å². The van der Waals surface area contributed by atoms with E-state index in [1.165, 1.54) is 5.01 Å². The minimum Gasteiger partial charge on any atom is -0.376 e. The molecule has 0 aliphatic carbocycles. The van der Waals surface area contributed by atoms with E-state index in [4.69, 9.17) is 9.72 Å². The third-order valence-corrected chi connectivity index (χ3v) is 5.36. The molecule has 1 saturated heterocycles. The third-order valence-electron chi connectivity index (χ3n) is 4.16. The van der Waals surface area contributed by atoms with Gasteiger partial charge in [0.15, 0.2) is 0 Å². The van der Waals surface area contributed by atoms with Gasteiger partial charge in [-0.15, -0.1) is 11.3 Å². The second-order valence-electron chi connectivity index (χ2n) is 6.93. The van der Waals surface area contributed by atoms with E-state index in [2.05, 4.69) is 46.5 Å². The summed E-state index contributed by atoms with van der Waals surface area (Å²) in [5, 5.41) is 6.61. The van der Waals surface area contributed by atoms with Crippen molar-refractivity contribution >= 4 is 17.3 Å². The van der Waals surface area contributed by atoms with Gasteiger partial charge in [-0.05, 0) is 19.9 Å². The Morgan fingerprint density at radius 3 is 2.76 bits per heavy atom. The summed E-state index contributed by atoms with van der Waals surface area (Å²) in [6.45, 7) is 7.65. The zero-order valence-corrected chi connectivity index (χ0v) is 16.1. The lowest BCUT2D eigenvalue weighted by Crippen LogP contribution is -2.20. The summed E-state index contributed by atoms with van der Waals surface area (Å²) in [5.41, 5.74) is 2.23. The SMILES string of the molecule is CC(C)c1nc(CN(C)Cc2cnc(NCC3CCCO3)nc2)cs1. The topological polar surface area (TPSA) is 63.2 Å². The van der Waals surface area contributed by atoms with Crippen LogP contribution in [0.25, 0.3) is 0 Å². The maximum Gasteiger partial charge on any atom is 0.222 e. The summed E-state index contributed by atoms with van der Waals surface area (Å²) < 4.78 is 5.59. The Labute approximate surface area is 153 Å². The van der Waals surface area contributed by atoms with Gasteiger partial charge in [0, 0.05) is 55.5 Å². The van der Waals surface area contributed by atoms with Crippen LogP contribution in [0.1, 0.15) is 48.9 Å². The van der Waals surface area contributed by atoms with Crippen molar-refractivity contribution in [2.75, 3.05) is 25.5 Å². The van der Waals surface area contributed by atoms with Crippen LogP contribution in [0.3, 0.4) is 0 Å². The second-order valence-corrected chi connectivity index (χ2v) is 7.82. The van der Waals surface area contributed by atoms with Crippen molar-refractivity contribution in [1.82, 2.24) is 19.9 Å². The number of aromatic nitrogens is 3. The van der Waals surface area contributed by atoms with E-state index in [-0.39, 0.29) is 0 Å². The van der Waals surface area contributed by atoms with Gasteiger partial charge in [0.05, 0.1) is 16.8 Å².